The van der Waals surface area contributed by atoms with E-state index >= 15 is 0 Å². The smallest absolute Gasteiger partial charge is 0.185 e. The van der Waals surface area contributed by atoms with Crippen LogP contribution in [0.3, 0.4) is 0 Å². The molecular weight excluding hydrogens is 204 g/mol. The maximum absolute atomic E-state index is 11.0. The summed E-state index contributed by atoms with van der Waals surface area (Å²) in [5.74, 6) is 1.29. The van der Waals surface area contributed by atoms with Crippen molar-refractivity contribution < 1.29 is 9.53 Å². The van der Waals surface area contributed by atoms with Crippen LogP contribution in [0.5, 0.6) is 5.75 Å². The molecule has 3 rings (SSSR count). The van der Waals surface area contributed by atoms with Crippen LogP contribution >= 0.6 is 0 Å². The summed E-state index contributed by atoms with van der Waals surface area (Å²) in [7, 11) is 1.62. The second kappa shape index (κ2) is 3.33. The quantitative estimate of drug-likeness (QED) is 0.739. The van der Waals surface area contributed by atoms with E-state index in [2.05, 4.69) is 4.98 Å². The van der Waals surface area contributed by atoms with Gasteiger partial charge in [-0.15, -0.1) is 0 Å². The molecule has 0 radical (unpaired) electrons. The molecule has 2 aromatic rings. The molecule has 4 nitrogen and oxygen atoms in total. The van der Waals surface area contributed by atoms with Crippen molar-refractivity contribution >= 4 is 17.3 Å². The molecule has 0 aliphatic heterocycles. The Hall–Kier alpha value is -1.84. The van der Waals surface area contributed by atoms with Crippen LogP contribution in [-0.2, 0) is 0 Å². The summed E-state index contributed by atoms with van der Waals surface area (Å²) in [5.41, 5.74) is 1.85. The third-order valence-corrected chi connectivity index (χ3v) is 2.94. The van der Waals surface area contributed by atoms with Gasteiger partial charge in [0.2, 0.25) is 0 Å². The Morgan fingerprint density at radius 3 is 2.94 bits per heavy atom. The number of aldehydes is 1. The molecule has 0 amide bonds. The zero-order valence-electron chi connectivity index (χ0n) is 9.01. The zero-order chi connectivity index (χ0) is 11.1. The number of nitrogens with zero attached hydrogens (tertiary/aromatic N) is 2. The number of ether oxygens (including phenoxy) is 1. The molecule has 0 saturated heterocycles. The Morgan fingerprint density at radius 1 is 1.50 bits per heavy atom. The first-order chi connectivity index (χ1) is 7.83. The highest BCUT2D eigenvalue weighted by Crippen LogP contribution is 2.38. The number of benzene rings is 1. The lowest BCUT2D eigenvalue weighted by Crippen LogP contribution is -1.99. The van der Waals surface area contributed by atoms with Gasteiger partial charge in [0, 0.05) is 12.1 Å². The minimum absolute atomic E-state index is 0.457. The van der Waals surface area contributed by atoms with Gasteiger partial charge in [-0.1, -0.05) is 0 Å². The van der Waals surface area contributed by atoms with Crippen LogP contribution in [-0.4, -0.2) is 22.9 Å². The van der Waals surface area contributed by atoms with Crippen LogP contribution in [0.2, 0.25) is 0 Å². The summed E-state index contributed by atoms with van der Waals surface area (Å²) in [6.07, 6.45) is 3.10. The van der Waals surface area contributed by atoms with Crippen LogP contribution < -0.4 is 4.74 Å². The molecule has 16 heavy (non-hydrogen) atoms. The minimum Gasteiger partial charge on any atom is -0.497 e. The molecule has 1 aromatic carbocycles. The van der Waals surface area contributed by atoms with E-state index in [-0.39, 0.29) is 0 Å². The van der Waals surface area contributed by atoms with Gasteiger partial charge in [0.05, 0.1) is 18.1 Å². The number of imidazole rings is 1. The monoisotopic (exact) mass is 216 g/mol. The number of hydrogen-bond donors (Lipinski definition) is 0. The van der Waals surface area contributed by atoms with Gasteiger partial charge < -0.3 is 9.30 Å². The van der Waals surface area contributed by atoms with Crippen LogP contribution in [0.15, 0.2) is 18.2 Å². The van der Waals surface area contributed by atoms with E-state index < -0.39 is 0 Å². The molecule has 0 N–H and O–H groups in total. The Kier molecular flexibility index (Phi) is 1.96. The summed E-state index contributed by atoms with van der Waals surface area (Å²) in [5, 5.41) is 0. The second-order valence-electron chi connectivity index (χ2n) is 4.04. The molecule has 82 valence electrons. The Balaban J connectivity index is 2.25. The van der Waals surface area contributed by atoms with Crippen LogP contribution in [0.4, 0.5) is 0 Å². The summed E-state index contributed by atoms with van der Waals surface area (Å²) >= 11 is 0. The molecule has 1 fully saturated rings. The Labute approximate surface area is 92.8 Å². The predicted molar refractivity (Wildman–Crippen MR) is 59.9 cm³/mol. The van der Waals surface area contributed by atoms with Gasteiger partial charge in [-0.3, -0.25) is 4.79 Å². The van der Waals surface area contributed by atoms with E-state index in [4.69, 9.17) is 4.74 Å². The SMILES string of the molecule is COc1ccc2c(c1)nc(C=O)n2C1CC1. The number of carbonyl (C=O) groups is 1. The topological polar surface area (TPSA) is 44.1 Å². The van der Waals surface area contributed by atoms with Gasteiger partial charge in [0.25, 0.3) is 0 Å². The van der Waals surface area contributed by atoms with Crippen molar-refractivity contribution in [1.82, 2.24) is 9.55 Å². The van der Waals surface area contributed by atoms with Crippen molar-refractivity contribution in [3.8, 4) is 5.75 Å². The van der Waals surface area contributed by atoms with Gasteiger partial charge in [0.15, 0.2) is 12.1 Å². The summed E-state index contributed by atoms with van der Waals surface area (Å²) in [6, 6.07) is 6.18. The van der Waals surface area contributed by atoms with Gasteiger partial charge >= 0.3 is 0 Å². The summed E-state index contributed by atoms with van der Waals surface area (Å²) < 4.78 is 7.17. The predicted octanol–water partition coefficient (Wildman–Crippen LogP) is 2.19. The van der Waals surface area contributed by atoms with Gasteiger partial charge in [-0.25, -0.2) is 4.98 Å². The molecule has 4 heteroatoms. The Bertz CT molecular complexity index is 555. The van der Waals surface area contributed by atoms with E-state index in [1.165, 1.54) is 0 Å². The van der Waals surface area contributed by atoms with Gasteiger partial charge in [-0.05, 0) is 25.0 Å². The van der Waals surface area contributed by atoms with Crippen molar-refractivity contribution in [3.63, 3.8) is 0 Å². The normalized spacial score (nSPS) is 15.3. The lowest BCUT2D eigenvalue weighted by Gasteiger charge is -2.03. The first-order valence-corrected chi connectivity index (χ1v) is 5.34. The molecule has 1 saturated carbocycles. The van der Waals surface area contributed by atoms with Crippen LogP contribution in [0.1, 0.15) is 29.5 Å². The van der Waals surface area contributed by atoms with Crippen LogP contribution in [0, 0.1) is 0 Å². The molecule has 1 aromatic heterocycles. The third kappa shape index (κ3) is 1.30. The molecule has 0 atom stereocenters. The maximum atomic E-state index is 11.0. The highest BCUT2D eigenvalue weighted by atomic mass is 16.5. The number of aromatic nitrogens is 2. The number of rotatable bonds is 3. The van der Waals surface area contributed by atoms with Crippen molar-refractivity contribution in [3.05, 3.63) is 24.0 Å². The molecule has 1 aliphatic carbocycles. The molecule has 0 bridgehead atoms. The van der Waals surface area contributed by atoms with E-state index in [9.17, 15) is 4.79 Å². The van der Waals surface area contributed by atoms with E-state index in [1.54, 1.807) is 7.11 Å². The lowest BCUT2D eigenvalue weighted by atomic mass is 10.3. The highest BCUT2D eigenvalue weighted by Gasteiger charge is 2.28. The van der Waals surface area contributed by atoms with E-state index in [0.29, 0.717) is 11.9 Å². The minimum atomic E-state index is 0.457. The zero-order valence-corrected chi connectivity index (χ0v) is 9.01. The number of hydrogen-bond acceptors (Lipinski definition) is 3. The second-order valence-corrected chi connectivity index (χ2v) is 4.04. The van der Waals surface area contributed by atoms with E-state index in [1.807, 2.05) is 22.8 Å². The summed E-state index contributed by atoms with van der Waals surface area (Å²) in [6.45, 7) is 0. The lowest BCUT2D eigenvalue weighted by molar-refractivity contribution is 0.111. The average Bonchev–Trinajstić information content (AvgIpc) is 3.08. The average molecular weight is 216 g/mol. The first kappa shape index (κ1) is 9.39. The van der Waals surface area contributed by atoms with Crippen molar-refractivity contribution in [2.75, 3.05) is 7.11 Å². The molecule has 0 spiro atoms. The number of carbonyl (C=O) groups excluding carboxylic acids is 1. The van der Waals surface area contributed by atoms with Gasteiger partial charge in [0.1, 0.15) is 5.75 Å². The van der Waals surface area contributed by atoms with Crippen molar-refractivity contribution in [1.29, 1.82) is 0 Å². The maximum Gasteiger partial charge on any atom is 0.185 e. The largest absolute Gasteiger partial charge is 0.497 e. The molecule has 0 unspecified atom stereocenters. The fourth-order valence-corrected chi connectivity index (χ4v) is 2.02. The van der Waals surface area contributed by atoms with Crippen molar-refractivity contribution in [2.45, 2.75) is 18.9 Å². The standard InChI is InChI=1S/C12H12N2O2/c1-16-9-4-5-11-10(6-9)13-12(7-15)14(11)8-2-3-8/h4-8H,2-3H2,1H3. The Morgan fingerprint density at radius 2 is 2.31 bits per heavy atom. The third-order valence-electron chi connectivity index (χ3n) is 2.94. The molecule has 1 aliphatic rings. The van der Waals surface area contributed by atoms with Crippen LogP contribution in [0.25, 0.3) is 11.0 Å². The van der Waals surface area contributed by atoms with E-state index in [0.717, 1.165) is 35.9 Å². The molecular formula is C12H12N2O2. The number of methoxy groups -OCH3 is 1. The first-order valence-electron chi connectivity index (χ1n) is 5.34. The fourth-order valence-electron chi connectivity index (χ4n) is 2.02. The molecule has 1 heterocycles. The van der Waals surface area contributed by atoms with Gasteiger partial charge in [-0.2, -0.15) is 0 Å². The number of fused-ring (bicyclic) bond motifs is 1. The summed E-state index contributed by atoms with van der Waals surface area (Å²) in [4.78, 5) is 15.3. The highest BCUT2D eigenvalue weighted by molar-refractivity contribution is 5.84. The van der Waals surface area contributed by atoms with Crippen molar-refractivity contribution in [2.24, 2.45) is 0 Å². The fraction of sp³-hybridized carbons (Fsp3) is 0.333.